The molecule has 0 saturated carbocycles. The van der Waals surface area contributed by atoms with Gasteiger partial charge >= 0.3 is 12.1 Å². The lowest BCUT2D eigenvalue weighted by atomic mass is 10.0. The van der Waals surface area contributed by atoms with Gasteiger partial charge in [-0.05, 0) is 74.2 Å². The smallest absolute Gasteiger partial charge is 0.323 e. The Morgan fingerprint density at radius 1 is 0.855 bits per heavy atom. The van der Waals surface area contributed by atoms with Crippen molar-refractivity contribution in [3.8, 4) is 5.75 Å². The van der Waals surface area contributed by atoms with E-state index in [4.69, 9.17) is 9.47 Å². The van der Waals surface area contributed by atoms with E-state index in [1.807, 2.05) is 98.8 Å². The molecule has 5 aromatic carbocycles. The summed E-state index contributed by atoms with van der Waals surface area (Å²) in [6.45, 7) is 6.48. The maximum Gasteiger partial charge on any atom is 0.323 e. The molecule has 6 rings (SSSR count). The molecule has 5 aromatic rings. The van der Waals surface area contributed by atoms with Gasteiger partial charge in [0.25, 0.3) is 5.91 Å². The summed E-state index contributed by atoms with van der Waals surface area (Å²) in [6, 6.07) is 31.0. The van der Waals surface area contributed by atoms with Gasteiger partial charge in [0.15, 0.2) is 0 Å². The SMILES string of the molecule is C[C@@H]1CCCCO[C@@H](CN(C)C(=O)Nc2cccc3ccccc23)[C@H](C)CN([C@@H](C)CO)C(=O)c2cc(NC(=O)Nc3cccc4ccccc34)ccc2O1. The van der Waals surface area contributed by atoms with Gasteiger partial charge in [-0.2, -0.15) is 0 Å². The summed E-state index contributed by atoms with van der Waals surface area (Å²) in [5, 5.41) is 23.1. The maximum absolute atomic E-state index is 14.6. The van der Waals surface area contributed by atoms with Crippen LogP contribution in [-0.4, -0.2) is 84.5 Å². The van der Waals surface area contributed by atoms with Gasteiger partial charge in [0, 0.05) is 49.1 Å². The number of hydrogen-bond acceptors (Lipinski definition) is 6. The van der Waals surface area contributed by atoms with Crippen LogP contribution in [-0.2, 0) is 4.74 Å². The third-order valence-corrected chi connectivity index (χ3v) is 10.2. The van der Waals surface area contributed by atoms with E-state index < -0.39 is 18.2 Å². The number of urea groups is 2. The first-order valence-electron chi connectivity index (χ1n) is 19.0. The molecule has 1 aliphatic heterocycles. The number of aliphatic hydroxyl groups is 1. The number of anilines is 3. The number of amides is 5. The van der Waals surface area contributed by atoms with E-state index in [1.165, 1.54) is 0 Å². The molecule has 0 bridgehead atoms. The fourth-order valence-corrected chi connectivity index (χ4v) is 6.98. The largest absolute Gasteiger partial charge is 0.490 e. The third-order valence-electron chi connectivity index (χ3n) is 10.2. The van der Waals surface area contributed by atoms with Crippen LogP contribution >= 0.6 is 0 Å². The average molecular weight is 746 g/mol. The molecule has 0 saturated heterocycles. The number of rotatable bonds is 7. The summed E-state index contributed by atoms with van der Waals surface area (Å²) < 4.78 is 12.8. The normalized spacial score (nSPS) is 18.7. The Morgan fingerprint density at radius 3 is 2.16 bits per heavy atom. The molecule has 55 heavy (non-hydrogen) atoms. The molecule has 0 fully saturated rings. The zero-order valence-electron chi connectivity index (χ0n) is 32.0. The fourth-order valence-electron chi connectivity index (χ4n) is 6.98. The Bertz CT molecular complexity index is 2110. The molecule has 0 spiro atoms. The molecular weight excluding hydrogens is 695 g/mol. The van der Waals surface area contributed by atoms with Gasteiger partial charge in [-0.3, -0.25) is 4.79 Å². The van der Waals surface area contributed by atoms with Crippen molar-refractivity contribution in [1.29, 1.82) is 0 Å². The summed E-state index contributed by atoms with van der Waals surface area (Å²) in [5.41, 5.74) is 2.06. The second-order valence-corrected chi connectivity index (χ2v) is 14.5. The van der Waals surface area contributed by atoms with Crippen LogP contribution in [0.5, 0.6) is 5.75 Å². The molecule has 0 aliphatic carbocycles. The van der Waals surface area contributed by atoms with Crippen molar-refractivity contribution < 1.29 is 29.0 Å². The van der Waals surface area contributed by atoms with Gasteiger partial charge in [-0.25, -0.2) is 9.59 Å². The number of nitrogens with one attached hydrogen (secondary N) is 3. The van der Waals surface area contributed by atoms with Crippen molar-refractivity contribution in [3.05, 3.63) is 109 Å². The van der Waals surface area contributed by atoms with Crippen LogP contribution in [0.1, 0.15) is 50.4 Å². The predicted molar refractivity (Wildman–Crippen MR) is 219 cm³/mol. The summed E-state index contributed by atoms with van der Waals surface area (Å²) in [5.74, 6) is -0.189. The van der Waals surface area contributed by atoms with E-state index in [0.717, 1.165) is 46.5 Å². The molecule has 4 N–H and O–H groups in total. The zero-order chi connectivity index (χ0) is 38.9. The van der Waals surface area contributed by atoms with Crippen molar-refractivity contribution in [1.82, 2.24) is 9.80 Å². The van der Waals surface area contributed by atoms with E-state index in [1.54, 1.807) is 42.0 Å². The first-order chi connectivity index (χ1) is 26.6. The minimum Gasteiger partial charge on any atom is -0.490 e. The molecule has 0 aromatic heterocycles. The molecule has 4 atom stereocenters. The number of hydrogen-bond donors (Lipinski definition) is 4. The minimum atomic E-state index is -0.549. The average Bonchev–Trinajstić information content (AvgIpc) is 3.19. The van der Waals surface area contributed by atoms with E-state index in [9.17, 15) is 19.5 Å². The Morgan fingerprint density at radius 2 is 1.49 bits per heavy atom. The van der Waals surface area contributed by atoms with Crippen LogP contribution in [0.2, 0.25) is 0 Å². The quantitative estimate of drug-likeness (QED) is 0.132. The van der Waals surface area contributed by atoms with Crippen molar-refractivity contribution in [2.24, 2.45) is 5.92 Å². The lowest BCUT2D eigenvalue weighted by Gasteiger charge is -2.35. The molecule has 288 valence electrons. The standard InChI is InChI=1S/C44H51N5O6/c1-29-26-49(30(2)28-50)42(51)37-25-34(45-43(52)46-38-20-11-16-32-14-5-7-18-35(32)38)22-23-40(37)55-31(3)13-9-10-24-54-41(29)27-48(4)44(53)47-39-21-12-17-33-15-6-8-19-36(33)39/h5-8,11-12,14-23,25,29-31,41,50H,9-10,13,24,26-28H2,1-4H3,(H,47,53)(H2,45,46,52)/t29-,30+,31-,41+/m1/s1. The first-order valence-corrected chi connectivity index (χ1v) is 19.0. The number of carbonyl (C=O) groups is 3. The lowest BCUT2D eigenvalue weighted by molar-refractivity contribution is -0.0115. The fraction of sp³-hybridized carbons (Fsp3) is 0.341. The molecule has 5 amide bonds. The van der Waals surface area contributed by atoms with Crippen molar-refractivity contribution in [2.75, 3.05) is 49.3 Å². The number of fused-ring (bicyclic) bond motifs is 3. The second kappa shape index (κ2) is 18.1. The van der Waals surface area contributed by atoms with Gasteiger partial charge in [-0.1, -0.05) is 79.7 Å². The van der Waals surface area contributed by atoms with Crippen LogP contribution < -0.4 is 20.7 Å². The minimum absolute atomic E-state index is 0.203. The van der Waals surface area contributed by atoms with Crippen molar-refractivity contribution >= 4 is 56.6 Å². The molecule has 1 aliphatic rings. The van der Waals surface area contributed by atoms with Gasteiger partial charge in [-0.15, -0.1) is 0 Å². The van der Waals surface area contributed by atoms with E-state index in [-0.39, 0.29) is 49.2 Å². The maximum atomic E-state index is 14.6. The van der Waals surface area contributed by atoms with Crippen LogP contribution in [0.25, 0.3) is 21.5 Å². The summed E-state index contributed by atoms with van der Waals surface area (Å²) in [7, 11) is 1.74. The second-order valence-electron chi connectivity index (χ2n) is 14.5. The van der Waals surface area contributed by atoms with Crippen molar-refractivity contribution in [3.63, 3.8) is 0 Å². The molecule has 0 radical (unpaired) electrons. The highest BCUT2D eigenvalue weighted by Gasteiger charge is 2.31. The molecule has 1 heterocycles. The third kappa shape index (κ3) is 9.72. The summed E-state index contributed by atoms with van der Waals surface area (Å²) in [6.07, 6.45) is 1.75. The highest BCUT2D eigenvalue weighted by molar-refractivity contribution is 6.07. The van der Waals surface area contributed by atoms with E-state index in [0.29, 0.717) is 23.7 Å². The van der Waals surface area contributed by atoms with Gasteiger partial charge in [0.1, 0.15) is 5.75 Å². The Balaban J connectivity index is 1.22. The van der Waals surface area contributed by atoms with Crippen molar-refractivity contribution in [2.45, 2.75) is 58.3 Å². The van der Waals surface area contributed by atoms with E-state index >= 15 is 0 Å². The Hall–Kier alpha value is -5.65. The first kappa shape index (κ1) is 39.1. The predicted octanol–water partition coefficient (Wildman–Crippen LogP) is 8.60. The number of ether oxygens (including phenoxy) is 2. The number of benzene rings is 5. The van der Waals surface area contributed by atoms with Crippen LogP contribution in [0.3, 0.4) is 0 Å². The Kier molecular flexibility index (Phi) is 12.9. The molecular formula is C44H51N5O6. The van der Waals surface area contributed by atoms with Crippen LogP contribution in [0, 0.1) is 5.92 Å². The molecule has 11 nitrogen and oxygen atoms in total. The van der Waals surface area contributed by atoms with Gasteiger partial charge < -0.3 is 40.3 Å². The topological polar surface area (TPSA) is 132 Å². The van der Waals surface area contributed by atoms with Crippen LogP contribution in [0.15, 0.2) is 103 Å². The highest BCUT2D eigenvalue weighted by Crippen LogP contribution is 2.30. The summed E-state index contributed by atoms with van der Waals surface area (Å²) in [4.78, 5) is 44.6. The summed E-state index contributed by atoms with van der Waals surface area (Å²) >= 11 is 0. The van der Waals surface area contributed by atoms with Gasteiger partial charge in [0.05, 0.1) is 41.8 Å². The number of aliphatic hydroxyl groups excluding tert-OH is 1. The zero-order valence-corrected chi connectivity index (χ0v) is 32.0. The highest BCUT2D eigenvalue weighted by atomic mass is 16.5. The number of likely N-dealkylation sites (N-methyl/N-ethyl adjacent to an activating group) is 1. The number of carbonyl (C=O) groups excluding carboxylic acids is 3. The monoisotopic (exact) mass is 745 g/mol. The van der Waals surface area contributed by atoms with Gasteiger partial charge in [0.2, 0.25) is 0 Å². The Labute approximate surface area is 322 Å². The van der Waals surface area contributed by atoms with Crippen LogP contribution in [0.4, 0.5) is 26.7 Å². The molecule has 0 unspecified atom stereocenters. The molecule has 11 heteroatoms. The lowest BCUT2D eigenvalue weighted by Crippen LogP contribution is -2.48. The van der Waals surface area contributed by atoms with E-state index in [2.05, 4.69) is 16.0 Å². The number of nitrogens with zero attached hydrogens (tertiary/aromatic N) is 2.